The Morgan fingerprint density at radius 2 is 1.92 bits per heavy atom. The molecule has 0 fully saturated rings. The second-order valence-corrected chi connectivity index (χ2v) is 6.39. The van der Waals surface area contributed by atoms with Gasteiger partial charge in [-0.05, 0) is 36.4 Å². The summed E-state index contributed by atoms with van der Waals surface area (Å²) in [6.45, 7) is 0. The average molecular weight is 391 g/mol. The monoisotopic (exact) mass is 390 g/mol. The summed E-state index contributed by atoms with van der Waals surface area (Å²) in [5, 5.41) is 7.48. The zero-order valence-corrected chi connectivity index (χ0v) is 14.8. The minimum atomic E-state index is -0.419. The number of aromatic nitrogens is 2. The van der Waals surface area contributed by atoms with Gasteiger partial charge in [-0.2, -0.15) is 0 Å². The molecule has 132 valence electrons. The fourth-order valence-corrected chi connectivity index (χ4v) is 2.93. The number of amides is 2. The number of thiazole rings is 1. The molecule has 0 aliphatic rings. The first-order chi connectivity index (χ1) is 12.5. The van der Waals surface area contributed by atoms with Crippen LogP contribution in [0.15, 0.2) is 48.0 Å². The molecule has 0 radical (unpaired) electrons. The molecule has 0 aliphatic carbocycles. The highest BCUT2D eigenvalue weighted by molar-refractivity contribution is 7.14. The van der Waals surface area contributed by atoms with Crippen molar-refractivity contribution in [3.8, 4) is 0 Å². The zero-order chi connectivity index (χ0) is 18.5. The van der Waals surface area contributed by atoms with Crippen molar-refractivity contribution in [1.29, 1.82) is 0 Å². The molecule has 2 N–H and O–H groups in total. The highest BCUT2D eigenvalue weighted by atomic mass is 35.5. The van der Waals surface area contributed by atoms with Crippen molar-refractivity contribution >= 4 is 45.6 Å². The number of hydrogen-bond donors (Lipinski definition) is 2. The second kappa shape index (κ2) is 8.03. The van der Waals surface area contributed by atoms with Gasteiger partial charge in [0.15, 0.2) is 10.3 Å². The van der Waals surface area contributed by atoms with Crippen LogP contribution in [-0.4, -0.2) is 21.8 Å². The first-order valence-corrected chi connectivity index (χ1v) is 8.69. The molecule has 0 aliphatic heterocycles. The van der Waals surface area contributed by atoms with Gasteiger partial charge in [-0.1, -0.05) is 11.6 Å². The summed E-state index contributed by atoms with van der Waals surface area (Å²) in [4.78, 5) is 32.2. The van der Waals surface area contributed by atoms with E-state index in [0.29, 0.717) is 22.1 Å². The van der Waals surface area contributed by atoms with Crippen LogP contribution >= 0.6 is 22.9 Å². The number of carbonyl (C=O) groups excluding carboxylic acids is 2. The van der Waals surface area contributed by atoms with E-state index in [9.17, 15) is 14.0 Å². The number of nitrogens with one attached hydrogen (secondary N) is 2. The number of rotatable bonds is 5. The van der Waals surface area contributed by atoms with Gasteiger partial charge in [0.25, 0.3) is 5.91 Å². The third kappa shape index (κ3) is 4.62. The van der Waals surface area contributed by atoms with E-state index in [2.05, 4.69) is 20.6 Å². The van der Waals surface area contributed by atoms with Crippen LogP contribution in [-0.2, 0) is 11.2 Å². The maximum absolute atomic E-state index is 12.9. The molecule has 0 saturated carbocycles. The Labute approximate surface area is 157 Å². The van der Waals surface area contributed by atoms with E-state index < -0.39 is 11.7 Å². The van der Waals surface area contributed by atoms with E-state index in [1.807, 2.05) is 0 Å². The summed E-state index contributed by atoms with van der Waals surface area (Å²) in [7, 11) is 0. The third-order valence-corrected chi connectivity index (χ3v) is 4.36. The molecule has 1 aromatic carbocycles. The van der Waals surface area contributed by atoms with Gasteiger partial charge in [0.05, 0.1) is 17.8 Å². The van der Waals surface area contributed by atoms with Gasteiger partial charge in [-0.25, -0.2) is 14.4 Å². The van der Waals surface area contributed by atoms with Crippen molar-refractivity contribution in [2.75, 3.05) is 10.6 Å². The number of nitrogens with zero attached hydrogens (tertiary/aromatic N) is 2. The van der Waals surface area contributed by atoms with Crippen molar-refractivity contribution in [2.45, 2.75) is 6.42 Å². The fraction of sp³-hybridized carbons (Fsp3) is 0.0588. The van der Waals surface area contributed by atoms with E-state index in [-0.39, 0.29) is 17.5 Å². The highest BCUT2D eigenvalue weighted by Gasteiger charge is 2.12. The predicted molar refractivity (Wildman–Crippen MR) is 98.0 cm³/mol. The van der Waals surface area contributed by atoms with E-state index in [0.717, 1.165) is 0 Å². The highest BCUT2D eigenvalue weighted by Crippen LogP contribution is 2.20. The summed E-state index contributed by atoms with van der Waals surface area (Å²) >= 11 is 7.08. The molecular weight excluding hydrogens is 379 g/mol. The third-order valence-electron chi connectivity index (χ3n) is 3.25. The van der Waals surface area contributed by atoms with Crippen molar-refractivity contribution in [2.24, 2.45) is 0 Å². The summed E-state index contributed by atoms with van der Waals surface area (Å²) in [5.41, 5.74) is 1.23. The molecule has 0 saturated heterocycles. The molecule has 3 aromatic rings. The smallest absolute Gasteiger partial charge is 0.257 e. The Morgan fingerprint density at radius 1 is 1.15 bits per heavy atom. The fourth-order valence-electron chi connectivity index (χ4n) is 2.05. The molecule has 2 heterocycles. The standard InChI is InChI=1S/C17H12ClFN4O2S/c18-15-13(2-1-7-20-15)22-14(24)8-12-9-26-17(21-12)23-16(25)10-3-5-11(19)6-4-10/h1-7,9H,8H2,(H,22,24)(H,21,23,25). The molecule has 2 amide bonds. The number of carbonyl (C=O) groups is 2. The van der Waals surface area contributed by atoms with Crippen molar-refractivity contribution < 1.29 is 14.0 Å². The van der Waals surface area contributed by atoms with Crippen LogP contribution in [0.2, 0.25) is 5.15 Å². The van der Waals surface area contributed by atoms with Gasteiger partial charge in [0, 0.05) is 17.1 Å². The largest absolute Gasteiger partial charge is 0.323 e. The molecule has 0 atom stereocenters. The number of pyridine rings is 1. The molecule has 6 nitrogen and oxygen atoms in total. The van der Waals surface area contributed by atoms with Crippen molar-refractivity contribution in [3.05, 3.63) is 70.2 Å². The van der Waals surface area contributed by atoms with Gasteiger partial charge >= 0.3 is 0 Å². The number of halogens is 2. The summed E-state index contributed by atoms with van der Waals surface area (Å²) in [6.07, 6.45) is 1.54. The van der Waals surface area contributed by atoms with Crippen molar-refractivity contribution in [1.82, 2.24) is 9.97 Å². The van der Waals surface area contributed by atoms with Gasteiger partial charge in [-0.3, -0.25) is 14.9 Å². The summed E-state index contributed by atoms with van der Waals surface area (Å²) in [6, 6.07) is 8.47. The lowest BCUT2D eigenvalue weighted by molar-refractivity contribution is -0.115. The minimum absolute atomic E-state index is 0.0220. The molecular formula is C17H12ClFN4O2S. The van der Waals surface area contributed by atoms with Gasteiger partial charge in [0.2, 0.25) is 5.91 Å². The Hall–Kier alpha value is -2.84. The molecule has 26 heavy (non-hydrogen) atoms. The normalized spacial score (nSPS) is 10.4. The Balaban J connectivity index is 1.59. The molecule has 0 spiro atoms. The molecule has 0 unspecified atom stereocenters. The van der Waals surface area contributed by atoms with Gasteiger partial charge in [-0.15, -0.1) is 11.3 Å². The topological polar surface area (TPSA) is 84.0 Å². The Morgan fingerprint density at radius 3 is 2.65 bits per heavy atom. The van der Waals surface area contributed by atoms with Crippen LogP contribution in [0.5, 0.6) is 0 Å². The molecule has 3 rings (SSSR count). The average Bonchev–Trinajstić information content (AvgIpc) is 3.04. The molecule has 0 bridgehead atoms. The van der Waals surface area contributed by atoms with Crippen molar-refractivity contribution in [3.63, 3.8) is 0 Å². The number of hydrogen-bond acceptors (Lipinski definition) is 5. The Bertz CT molecular complexity index is 946. The summed E-state index contributed by atoms with van der Waals surface area (Å²) in [5.74, 6) is -1.13. The quantitative estimate of drug-likeness (QED) is 0.649. The first kappa shape index (κ1) is 18.0. The first-order valence-electron chi connectivity index (χ1n) is 7.43. The van der Waals surface area contributed by atoms with Crippen LogP contribution < -0.4 is 10.6 Å². The van der Waals surface area contributed by atoms with Crippen LogP contribution in [0.4, 0.5) is 15.2 Å². The SMILES string of the molecule is O=C(Cc1csc(NC(=O)c2ccc(F)cc2)n1)Nc1cccnc1Cl. The number of anilines is 2. The van der Waals surface area contributed by atoms with Crippen LogP contribution in [0.1, 0.15) is 16.1 Å². The van der Waals surface area contributed by atoms with Crippen LogP contribution in [0.25, 0.3) is 0 Å². The number of benzene rings is 1. The maximum atomic E-state index is 12.9. The lowest BCUT2D eigenvalue weighted by Gasteiger charge is -2.05. The molecule has 2 aromatic heterocycles. The van der Waals surface area contributed by atoms with Gasteiger partial charge in [0.1, 0.15) is 5.82 Å². The van der Waals surface area contributed by atoms with E-state index in [4.69, 9.17) is 11.6 Å². The zero-order valence-electron chi connectivity index (χ0n) is 13.2. The van der Waals surface area contributed by atoms with Crippen LogP contribution in [0.3, 0.4) is 0 Å². The second-order valence-electron chi connectivity index (χ2n) is 5.17. The summed E-state index contributed by atoms with van der Waals surface area (Å²) < 4.78 is 12.9. The van der Waals surface area contributed by atoms with E-state index in [1.54, 1.807) is 17.5 Å². The molecule has 9 heteroatoms. The van der Waals surface area contributed by atoms with Crippen LogP contribution in [0, 0.1) is 5.82 Å². The van der Waals surface area contributed by atoms with E-state index in [1.165, 1.54) is 41.8 Å². The predicted octanol–water partition coefficient (Wildman–Crippen LogP) is 3.76. The van der Waals surface area contributed by atoms with E-state index >= 15 is 0 Å². The maximum Gasteiger partial charge on any atom is 0.257 e. The minimum Gasteiger partial charge on any atom is -0.323 e. The Kier molecular flexibility index (Phi) is 5.55. The lowest BCUT2D eigenvalue weighted by Crippen LogP contribution is -2.15. The lowest BCUT2D eigenvalue weighted by atomic mass is 10.2. The van der Waals surface area contributed by atoms with Gasteiger partial charge < -0.3 is 5.32 Å².